The van der Waals surface area contributed by atoms with Gasteiger partial charge < -0.3 is 0 Å². The first-order valence-corrected chi connectivity index (χ1v) is 5.53. The monoisotopic (exact) mass is 198 g/mol. The minimum atomic E-state index is 0.607. The summed E-state index contributed by atoms with van der Waals surface area (Å²) in [6.07, 6.45) is 4.91. The number of nitrogens with zero attached hydrogens (tertiary/aromatic N) is 2. The summed E-state index contributed by atoms with van der Waals surface area (Å²) in [5.74, 6) is 0.607. The van der Waals surface area contributed by atoms with Crippen LogP contribution in [0.15, 0.2) is 0 Å². The molecule has 0 radical (unpaired) electrons. The summed E-state index contributed by atoms with van der Waals surface area (Å²) in [6.45, 7) is 3.06. The lowest BCUT2D eigenvalue weighted by molar-refractivity contribution is 0.620. The average Bonchev–Trinajstić information content (AvgIpc) is 2.55. The van der Waals surface area contributed by atoms with E-state index >= 15 is 0 Å². The fourth-order valence-corrected chi connectivity index (χ4v) is 2.38. The lowest BCUT2D eigenvalue weighted by atomic mass is 9.96. The first-order chi connectivity index (χ1) is 6.36. The molecular weight excluding hydrogens is 184 g/mol. The van der Waals surface area contributed by atoms with Gasteiger partial charge >= 0.3 is 0 Å². The van der Waals surface area contributed by atoms with Crippen molar-refractivity contribution in [3.05, 3.63) is 17.0 Å². The largest absolute Gasteiger partial charge is 0.268 e. The van der Waals surface area contributed by atoms with E-state index in [1.54, 1.807) is 0 Å². The Hall–Kier alpha value is -0.500. The fourth-order valence-electron chi connectivity index (χ4n) is 2.08. The molecule has 72 valence electrons. The molecule has 0 bridgehead atoms. The highest BCUT2D eigenvalue weighted by Crippen LogP contribution is 2.24. The van der Waals surface area contributed by atoms with Crippen LogP contribution in [0.1, 0.15) is 36.7 Å². The lowest BCUT2D eigenvalue weighted by Crippen LogP contribution is -2.02. The van der Waals surface area contributed by atoms with Gasteiger partial charge in [-0.2, -0.15) is 5.10 Å². The molecular formula is C10H15ClN2. The maximum Gasteiger partial charge on any atom is 0.0659 e. The SMILES string of the molecule is CCn1nc2c(c1CCl)CCCC2. The highest BCUT2D eigenvalue weighted by molar-refractivity contribution is 6.17. The number of hydrogen-bond acceptors (Lipinski definition) is 1. The van der Waals surface area contributed by atoms with Crippen molar-refractivity contribution >= 4 is 11.6 Å². The molecule has 0 aliphatic heterocycles. The van der Waals surface area contributed by atoms with Gasteiger partial charge in [0.25, 0.3) is 0 Å². The Morgan fingerprint density at radius 3 is 2.85 bits per heavy atom. The standard InChI is InChI=1S/C10H15ClN2/c1-2-13-10(7-11)8-5-3-4-6-9(8)12-13/h2-7H2,1H3. The van der Waals surface area contributed by atoms with Crippen LogP contribution in [0.3, 0.4) is 0 Å². The number of rotatable bonds is 2. The van der Waals surface area contributed by atoms with E-state index in [0.717, 1.165) is 13.0 Å². The zero-order chi connectivity index (χ0) is 9.26. The van der Waals surface area contributed by atoms with Gasteiger partial charge in [-0.25, -0.2) is 0 Å². The Balaban J connectivity index is 2.44. The molecule has 1 aromatic rings. The summed E-state index contributed by atoms with van der Waals surface area (Å²) in [6, 6.07) is 0. The normalized spacial score (nSPS) is 15.8. The second kappa shape index (κ2) is 3.70. The third-order valence-electron chi connectivity index (χ3n) is 2.77. The van der Waals surface area contributed by atoms with Crippen molar-refractivity contribution in [2.45, 2.75) is 45.0 Å². The number of hydrogen-bond donors (Lipinski definition) is 0. The summed E-state index contributed by atoms with van der Waals surface area (Å²) in [7, 11) is 0. The number of halogens is 1. The van der Waals surface area contributed by atoms with Gasteiger partial charge in [0.15, 0.2) is 0 Å². The van der Waals surface area contributed by atoms with Gasteiger partial charge in [-0.15, -0.1) is 11.6 Å². The molecule has 0 amide bonds. The Labute approximate surface area is 83.9 Å². The Morgan fingerprint density at radius 2 is 2.15 bits per heavy atom. The molecule has 0 saturated heterocycles. The van der Waals surface area contributed by atoms with E-state index in [9.17, 15) is 0 Å². The van der Waals surface area contributed by atoms with E-state index in [0.29, 0.717) is 5.88 Å². The van der Waals surface area contributed by atoms with Crippen molar-refractivity contribution in [1.29, 1.82) is 0 Å². The third-order valence-corrected chi connectivity index (χ3v) is 3.02. The van der Waals surface area contributed by atoms with E-state index in [-0.39, 0.29) is 0 Å². The summed E-state index contributed by atoms with van der Waals surface area (Å²) >= 11 is 5.93. The first kappa shape index (κ1) is 9.07. The van der Waals surface area contributed by atoms with Gasteiger partial charge in [0, 0.05) is 6.54 Å². The molecule has 1 heterocycles. The van der Waals surface area contributed by atoms with Crippen molar-refractivity contribution in [2.24, 2.45) is 0 Å². The van der Waals surface area contributed by atoms with E-state index in [1.807, 2.05) is 0 Å². The Kier molecular flexibility index (Phi) is 2.58. The summed E-state index contributed by atoms with van der Waals surface area (Å²) < 4.78 is 2.06. The molecule has 1 aliphatic carbocycles. The molecule has 0 saturated carbocycles. The minimum absolute atomic E-state index is 0.607. The van der Waals surface area contributed by atoms with Gasteiger partial charge in [-0.05, 0) is 38.2 Å². The molecule has 0 spiro atoms. The van der Waals surface area contributed by atoms with Crippen LogP contribution < -0.4 is 0 Å². The second-order valence-corrected chi connectivity index (χ2v) is 3.80. The smallest absolute Gasteiger partial charge is 0.0659 e. The van der Waals surface area contributed by atoms with Crippen molar-refractivity contribution in [2.75, 3.05) is 0 Å². The molecule has 13 heavy (non-hydrogen) atoms. The predicted molar refractivity (Wildman–Crippen MR) is 54.1 cm³/mol. The van der Waals surface area contributed by atoms with Crippen LogP contribution in [0.4, 0.5) is 0 Å². The van der Waals surface area contributed by atoms with Crippen LogP contribution in [-0.2, 0) is 25.3 Å². The molecule has 1 aliphatic rings. The van der Waals surface area contributed by atoms with Crippen molar-refractivity contribution < 1.29 is 0 Å². The minimum Gasteiger partial charge on any atom is -0.268 e. The quantitative estimate of drug-likeness (QED) is 0.668. The highest BCUT2D eigenvalue weighted by Gasteiger charge is 2.18. The average molecular weight is 199 g/mol. The maximum atomic E-state index is 5.93. The molecule has 2 rings (SSSR count). The Bertz CT molecular complexity index is 294. The van der Waals surface area contributed by atoms with Gasteiger partial charge in [-0.1, -0.05) is 0 Å². The maximum absolute atomic E-state index is 5.93. The van der Waals surface area contributed by atoms with Crippen LogP contribution in [-0.4, -0.2) is 9.78 Å². The molecule has 2 nitrogen and oxygen atoms in total. The first-order valence-electron chi connectivity index (χ1n) is 5.00. The molecule has 0 aromatic carbocycles. The van der Waals surface area contributed by atoms with Crippen LogP contribution in [0, 0.1) is 0 Å². The van der Waals surface area contributed by atoms with Crippen LogP contribution in [0.5, 0.6) is 0 Å². The zero-order valence-corrected chi connectivity index (χ0v) is 8.77. The Morgan fingerprint density at radius 1 is 1.38 bits per heavy atom. The van der Waals surface area contributed by atoms with Gasteiger partial charge in [0.05, 0.1) is 17.3 Å². The molecule has 0 fully saturated rings. The van der Waals surface area contributed by atoms with Gasteiger partial charge in [0.2, 0.25) is 0 Å². The van der Waals surface area contributed by atoms with Gasteiger partial charge in [0.1, 0.15) is 0 Å². The van der Waals surface area contributed by atoms with Crippen LogP contribution >= 0.6 is 11.6 Å². The van der Waals surface area contributed by atoms with Crippen LogP contribution in [0.2, 0.25) is 0 Å². The topological polar surface area (TPSA) is 17.8 Å². The highest BCUT2D eigenvalue weighted by atomic mass is 35.5. The van der Waals surface area contributed by atoms with E-state index in [4.69, 9.17) is 11.6 Å². The summed E-state index contributed by atoms with van der Waals surface area (Å²) in [4.78, 5) is 0. The molecule has 0 unspecified atom stereocenters. The fraction of sp³-hybridized carbons (Fsp3) is 0.700. The number of alkyl halides is 1. The van der Waals surface area contributed by atoms with Gasteiger partial charge in [-0.3, -0.25) is 4.68 Å². The van der Waals surface area contributed by atoms with E-state index in [1.165, 1.54) is 36.2 Å². The van der Waals surface area contributed by atoms with Crippen molar-refractivity contribution in [1.82, 2.24) is 9.78 Å². The van der Waals surface area contributed by atoms with Crippen molar-refractivity contribution in [3.63, 3.8) is 0 Å². The number of aromatic nitrogens is 2. The summed E-state index contributed by atoms with van der Waals surface area (Å²) in [5, 5.41) is 4.57. The second-order valence-electron chi connectivity index (χ2n) is 3.53. The molecule has 3 heteroatoms. The zero-order valence-electron chi connectivity index (χ0n) is 8.02. The van der Waals surface area contributed by atoms with Crippen LogP contribution in [0.25, 0.3) is 0 Å². The third kappa shape index (κ3) is 1.48. The summed E-state index contributed by atoms with van der Waals surface area (Å²) in [5.41, 5.74) is 3.98. The lowest BCUT2D eigenvalue weighted by Gasteiger charge is -2.09. The van der Waals surface area contributed by atoms with E-state index < -0.39 is 0 Å². The molecule has 0 N–H and O–H groups in total. The van der Waals surface area contributed by atoms with Crippen molar-refractivity contribution in [3.8, 4) is 0 Å². The van der Waals surface area contributed by atoms with E-state index in [2.05, 4.69) is 16.7 Å². The number of fused-ring (bicyclic) bond motifs is 1. The molecule has 0 atom stereocenters. The predicted octanol–water partition coefficient (Wildman–Crippen LogP) is 2.52. The number of aryl methyl sites for hydroxylation is 2. The molecule has 1 aromatic heterocycles.